The minimum Gasteiger partial charge on any atom is -0.758 e. The lowest BCUT2D eigenvalue weighted by Crippen LogP contribution is -2.37. The molecule has 1 aliphatic heterocycles. The summed E-state index contributed by atoms with van der Waals surface area (Å²) in [6.45, 7) is 7.08. The molecule has 0 saturated heterocycles. The fourth-order valence-corrected chi connectivity index (χ4v) is 2.93. The van der Waals surface area contributed by atoms with Crippen molar-refractivity contribution in [2.75, 3.05) is 31.4 Å². The normalized spacial score (nSPS) is 18.6. The molecule has 2 atom stereocenters. The number of hydroxylamine groups is 1. The summed E-state index contributed by atoms with van der Waals surface area (Å²) in [6, 6.07) is 5.59. The highest BCUT2D eigenvalue weighted by atomic mass is 16.5. The number of aliphatic hydroxyl groups excluding tert-OH is 2. The van der Waals surface area contributed by atoms with Crippen LogP contribution < -0.4 is 15.1 Å². The van der Waals surface area contributed by atoms with E-state index in [2.05, 4.69) is 5.32 Å². The van der Waals surface area contributed by atoms with Crippen LogP contribution in [-0.4, -0.2) is 48.7 Å². The van der Waals surface area contributed by atoms with E-state index in [1.165, 1.54) is 0 Å². The first kappa shape index (κ1) is 18.0. The number of hydrogen-bond donors (Lipinski definition) is 3. The molecule has 6 heteroatoms. The van der Waals surface area contributed by atoms with Gasteiger partial charge in [-0.25, -0.2) is 0 Å². The molecular weight excluding hydrogens is 296 g/mol. The van der Waals surface area contributed by atoms with Crippen LogP contribution in [0.1, 0.15) is 32.8 Å². The van der Waals surface area contributed by atoms with Gasteiger partial charge in [-0.3, -0.25) is 0 Å². The van der Waals surface area contributed by atoms with Gasteiger partial charge in [0, 0.05) is 42.4 Å². The maximum Gasteiger partial charge on any atom is 0.125 e. The van der Waals surface area contributed by atoms with Gasteiger partial charge in [-0.1, -0.05) is 19.9 Å². The Morgan fingerprint density at radius 3 is 2.87 bits per heavy atom. The molecule has 1 aromatic rings. The third-order valence-electron chi connectivity index (χ3n) is 4.18. The Morgan fingerprint density at radius 1 is 1.43 bits per heavy atom. The second kappa shape index (κ2) is 7.49. The topological polar surface area (TPSA) is 88.0 Å². The van der Waals surface area contributed by atoms with E-state index in [1.807, 2.05) is 26.8 Å². The molecule has 2 rings (SSSR count). The summed E-state index contributed by atoms with van der Waals surface area (Å²) < 4.78 is 5.78. The number of anilines is 1. The molecule has 6 nitrogen and oxygen atoms in total. The van der Waals surface area contributed by atoms with Crippen LogP contribution in [0.2, 0.25) is 0 Å². The summed E-state index contributed by atoms with van der Waals surface area (Å²) in [5.74, 6) is 0.660. The number of hydrogen-bond acceptors (Lipinski definition) is 6. The number of benzene rings is 1. The van der Waals surface area contributed by atoms with Crippen LogP contribution >= 0.6 is 0 Å². The standard InChI is InChI=1S/C17H27N2O4/c1-12(7-8-20)18-9-13(21)10-23-15-6-4-5-14-16(15)17(2,3)11-19(14)22/h4-6,12-13,18,20-21H,7-11H2,1-3H3/q-1. The maximum atomic E-state index is 12.0. The first-order valence-electron chi connectivity index (χ1n) is 8.08. The first-order chi connectivity index (χ1) is 10.8. The number of fused-ring (bicyclic) bond motifs is 1. The van der Waals surface area contributed by atoms with Crippen molar-refractivity contribution in [1.82, 2.24) is 5.32 Å². The fourth-order valence-electron chi connectivity index (χ4n) is 2.93. The molecule has 1 heterocycles. The first-order valence-corrected chi connectivity index (χ1v) is 8.08. The van der Waals surface area contributed by atoms with Crippen molar-refractivity contribution in [3.8, 4) is 5.75 Å². The smallest absolute Gasteiger partial charge is 0.125 e. The molecule has 0 amide bonds. The molecule has 0 radical (unpaired) electrons. The van der Waals surface area contributed by atoms with Gasteiger partial charge >= 0.3 is 0 Å². The van der Waals surface area contributed by atoms with Crippen LogP contribution in [0.25, 0.3) is 0 Å². The minimum absolute atomic E-state index is 0.123. The molecule has 0 spiro atoms. The Labute approximate surface area is 137 Å². The van der Waals surface area contributed by atoms with Gasteiger partial charge in [0.2, 0.25) is 0 Å². The lowest BCUT2D eigenvalue weighted by Gasteiger charge is -2.27. The summed E-state index contributed by atoms with van der Waals surface area (Å²) in [4.78, 5) is 0. The summed E-state index contributed by atoms with van der Waals surface area (Å²) >= 11 is 0. The van der Waals surface area contributed by atoms with Gasteiger partial charge in [-0.15, -0.1) is 0 Å². The van der Waals surface area contributed by atoms with Crippen LogP contribution in [0.5, 0.6) is 5.75 Å². The van der Waals surface area contributed by atoms with Crippen LogP contribution in [-0.2, 0) is 5.41 Å². The van der Waals surface area contributed by atoms with Gasteiger partial charge in [0.1, 0.15) is 18.5 Å². The second-order valence-corrected chi connectivity index (χ2v) is 6.86. The molecule has 0 aliphatic carbocycles. The van der Waals surface area contributed by atoms with Gasteiger partial charge < -0.3 is 30.5 Å². The number of nitrogens with zero attached hydrogens (tertiary/aromatic N) is 1. The van der Waals surface area contributed by atoms with E-state index in [0.29, 0.717) is 30.9 Å². The SMILES string of the molecule is CC(CCO)NCC(O)COc1cccc2c1C(C)(C)CN2[O-]. The quantitative estimate of drug-likeness (QED) is 0.670. The predicted octanol–water partition coefficient (Wildman–Crippen LogP) is 1.38. The van der Waals surface area contributed by atoms with E-state index in [4.69, 9.17) is 9.84 Å². The number of nitrogens with one attached hydrogen (secondary N) is 1. The maximum absolute atomic E-state index is 12.0. The highest BCUT2D eigenvalue weighted by molar-refractivity contribution is 5.67. The zero-order valence-electron chi connectivity index (χ0n) is 14.1. The molecule has 0 fully saturated rings. The number of aliphatic hydroxyl groups is 2. The molecule has 130 valence electrons. The summed E-state index contributed by atoms with van der Waals surface area (Å²) in [5.41, 5.74) is 1.28. The van der Waals surface area contributed by atoms with Crippen LogP contribution in [0.3, 0.4) is 0 Å². The highest BCUT2D eigenvalue weighted by Crippen LogP contribution is 2.45. The zero-order valence-corrected chi connectivity index (χ0v) is 14.1. The van der Waals surface area contributed by atoms with Crippen molar-refractivity contribution in [3.63, 3.8) is 0 Å². The molecular formula is C17H27N2O4-. The van der Waals surface area contributed by atoms with Gasteiger partial charge in [-0.05, 0) is 25.5 Å². The average molecular weight is 323 g/mol. The Hall–Kier alpha value is -1.34. The number of rotatable bonds is 8. The minimum atomic E-state index is -0.653. The molecule has 23 heavy (non-hydrogen) atoms. The Balaban J connectivity index is 1.95. The molecule has 3 N–H and O–H groups in total. The van der Waals surface area contributed by atoms with Crippen molar-refractivity contribution in [2.45, 2.75) is 44.8 Å². The van der Waals surface area contributed by atoms with Crippen molar-refractivity contribution in [2.24, 2.45) is 0 Å². The zero-order chi connectivity index (χ0) is 17.0. The van der Waals surface area contributed by atoms with Crippen LogP contribution in [0, 0.1) is 5.21 Å². The van der Waals surface area contributed by atoms with E-state index in [9.17, 15) is 10.3 Å². The third-order valence-corrected chi connectivity index (χ3v) is 4.18. The largest absolute Gasteiger partial charge is 0.758 e. The molecule has 1 aliphatic rings. The molecule has 0 saturated carbocycles. The lowest BCUT2D eigenvalue weighted by molar-refractivity contribution is 0.102. The van der Waals surface area contributed by atoms with Gasteiger partial charge in [-0.2, -0.15) is 0 Å². The Bertz CT molecular complexity index is 521. The molecule has 2 unspecified atom stereocenters. The Morgan fingerprint density at radius 2 is 2.17 bits per heavy atom. The fraction of sp³-hybridized carbons (Fsp3) is 0.647. The second-order valence-electron chi connectivity index (χ2n) is 6.86. The van der Waals surface area contributed by atoms with Gasteiger partial charge in [0.25, 0.3) is 0 Å². The van der Waals surface area contributed by atoms with E-state index >= 15 is 0 Å². The lowest BCUT2D eigenvalue weighted by atomic mass is 9.86. The van der Waals surface area contributed by atoms with Crippen LogP contribution in [0.15, 0.2) is 18.2 Å². The number of ether oxygens (including phenoxy) is 1. The predicted molar refractivity (Wildman–Crippen MR) is 90.9 cm³/mol. The van der Waals surface area contributed by atoms with Gasteiger partial charge in [0.15, 0.2) is 0 Å². The van der Waals surface area contributed by atoms with E-state index in [0.717, 1.165) is 10.6 Å². The summed E-state index contributed by atoms with van der Waals surface area (Å²) in [5, 5.41) is 35.0. The monoisotopic (exact) mass is 323 g/mol. The highest BCUT2D eigenvalue weighted by Gasteiger charge is 2.34. The summed E-state index contributed by atoms with van der Waals surface area (Å²) in [7, 11) is 0. The van der Waals surface area contributed by atoms with Gasteiger partial charge in [0.05, 0.1) is 0 Å². The molecule has 0 bridgehead atoms. The van der Waals surface area contributed by atoms with Crippen molar-refractivity contribution < 1.29 is 14.9 Å². The molecule has 0 aromatic heterocycles. The Kier molecular flexibility index (Phi) is 5.86. The third kappa shape index (κ3) is 4.35. The van der Waals surface area contributed by atoms with E-state index < -0.39 is 6.10 Å². The molecule has 1 aromatic carbocycles. The van der Waals surface area contributed by atoms with Crippen molar-refractivity contribution >= 4 is 5.69 Å². The van der Waals surface area contributed by atoms with Crippen LogP contribution in [0.4, 0.5) is 5.69 Å². The van der Waals surface area contributed by atoms with E-state index in [1.54, 1.807) is 12.1 Å². The van der Waals surface area contributed by atoms with Crippen molar-refractivity contribution in [3.05, 3.63) is 29.0 Å². The average Bonchev–Trinajstić information content (AvgIpc) is 2.73. The van der Waals surface area contributed by atoms with Crippen molar-refractivity contribution in [1.29, 1.82) is 0 Å². The summed E-state index contributed by atoms with van der Waals surface area (Å²) in [6.07, 6.45) is -0.00677. The van der Waals surface area contributed by atoms with E-state index in [-0.39, 0.29) is 24.7 Å².